The van der Waals surface area contributed by atoms with Gasteiger partial charge in [0.2, 0.25) is 0 Å². The smallest absolute Gasteiger partial charge is 0.488 e. The number of ether oxygens (including phenoxy) is 3. The van der Waals surface area contributed by atoms with Gasteiger partial charge in [0, 0.05) is 10.6 Å². The summed E-state index contributed by atoms with van der Waals surface area (Å²) < 4.78 is 55.4. The maximum Gasteiger partial charge on any atom is 0.513 e. The van der Waals surface area contributed by atoms with Gasteiger partial charge in [-0.2, -0.15) is 13.2 Å². The third kappa shape index (κ3) is 4.52. The monoisotopic (exact) mass is 414 g/mol. The minimum Gasteiger partial charge on any atom is -0.488 e. The number of carbonyl (C=O) groups is 1. The van der Waals surface area contributed by atoms with Crippen molar-refractivity contribution in [1.29, 1.82) is 0 Å². The fraction of sp³-hybridized carbons (Fsp3) is 0.350. The number of carbonyl (C=O) groups excluding carboxylic acids is 1. The second-order valence-corrected chi connectivity index (χ2v) is 6.95. The third-order valence-corrected chi connectivity index (χ3v) is 4.89. The zero-order chi connectivity index (χ0) is 20.5. The Morgan fingerprint density at radius 1 is 1.21 bits per heavy atom. The molecule has 2 aromatic carbocycles. The van der Waals surface area contributed by atoms with Gasteiger partial charge in [0.05, 0.1) is 12.7 Å². The highest BCUT2D eigenvalue weighted by atomic mass is 35.5. The lowest BCUT2D eigenvalue weighted by molar-refractivity contribution is -0.139. The molecule has 0 bridgehead atoms. The molecule has 150 valence electrons. The van der Waals surface area contributed by atoms with Gasteiger partial charge in [-0.25, -0.2) is 4.79 Å². The molecule has 4 nitrogen and oxygen atoms in total. The van der Waals surface area contributed by atoms with Crippen LogP contribution in [0.2, 0.25) is 5.02 Å². The molecule has 0 N–H and O–H groups in total. The van der Waals surface area contributed by atoms with Gasteiger partial charge in [0.1, 0.15) is 18.1 Å². The van der Waals surface area contributed by atoms with Crippen molar-refractivity contribution in [2.75, 3.05) is 7.11 Å². The standard InChI is InChI=1S/C20H18ClF3O4/c1-11-8-15(20(22,23)24)18(9-16(11)21)27-10-14-13(12-6-7-12)4-3-5-17(14)28-19(25)26-2/h3-5,8-9,12H,6-7,10H2,1-2H3. The first-order chi connectivity index (χ1) is 13.2. The van der Waals surface area contributed by atoms with E-state index in [4.69, 9.17) is 21.1 Å². The number of hydrogen-bond donors (Lipinski definition) is 0. The van der Waals surface area contributed by atoms with Crippen molar-refractivity contribution in [2.24, 2.45) is 0 Å². The van der Waals surface area contributed by atoms with Crippen LogP contribution in [-0.4, -0.2) is 13.3 Å². The van der Waals surface area contributed by atoms with Crippen molar-refractivity contribution >= 4 is 17.8 Å². The lowest BCUT2D eigenvalue weighted by Gasteiger charge is -2.18. The molecule has 0 spiro atoms. The van der Waals surface area contributed by atoms with Crippen LogP contribution in [0, 0.1) is 6.92 Å². The average Bonchev–Trinajstić information content (AvgIpc) is 3.46. The Bertz CT molecular complexity index is 892. The summed E-state index contributed by atoms with van der Waals surface area (Å²) in [6.07, 6.45) is -3.59. The number of benzene rings is 2. The van der Waals surface area contributed by atoms with E-state index in [9.17, 15) is 18.0 Å². The van der Waals surface area contributed by atoms with E-state index in [1.807, 2.05) is 6.07 Å². The molecule has 8 heteroatoms. The number of halogens is 4. The Hall–Kier alpha value is -2.41. The molecule has 0 saturated heterocycles. The van der Waals surface area contributed by atoms with Gasteiger partial charge < -0.3 is 14.2 Å². The van der Waals surface area contributed by atoms with Crippen LogP contribution in [0.4, 0.5) is 18.0 Å². The van der Waals surface area contributed by atoms with Crippen LogP contribution in [0.1, 0.15) is 41.0 Å². The van der Waals surface area contributed by atoms with Gasteiger partial charge in [0.15, 0.2) is 0 Å². The molecule has 0 atom stereocenters. The molecule has 1 aliphatic rings. The number of hydrogen-bond acceptors (Lipinski definition) is 4. The molecule has 28 heavy (non-hydrogen) atoms. The van der Waals surface area contributed by atoms with Crippen LogP contribution in [-0.2, 0) is 17.5 Å². The molecule has 2 aromatic rings. The van der Waals surface area contributed by atoms with E-state index in [1.54, 1.807) is 12.1 Å². The van der Waals surface area contributed by atoms with Gasteiger partial charge >= 0.3 is 12.3 Å². The van der Waals surface area contributed by atoms with Crippen molar-refractivity contribution in [1.82, 2.24) is 0 Å². The van der Waals surface area contributed by atoms with E-state index in [2.05, 4.69) is 4.74 Å². The second-order valence-electron chi connectivity index (χ2n) is 6.54. The van der Waals surface area contributed by atoms with Crippen molar-refractivity contribution in [3.05, 3.63) is 57.6 Å². The van der Waals surface area contributed by atoms with Crippen LogP contribution in [0.5, 0.6) is 11.5 Å². The average molecular weight is 415 g/mol. The van der Waals surface area contributed by atoms with Crippen LogP contribution in [0.25, 0.3) is 0 Å². The summed E-state index contributed by atoms with van der Waals surface area (Å²) in [6, 6.07) is 7.23. The summed E-state index contributed by atoms with van der Waals surface area (Å²) in [4.78, 5) is 11.5. The predicted octanol–water partition coefficient (Wildman–Crippen LogP) is 6.27. The SMILES string of the molecule is COC(=O)Oc1cccc(C2CC2)c1COc1cc(Cl)c(C)cc1C(F)(F)F. The lowest BCUT2D eigenvalue weighted by Crippen LogP contribution is -2.13. The molecule has 0 amide bonds. The van der Waals surface area contributed by atoms with E-state index in [0.717, 1.165) is 30.5 Å². The molecular weight excluding hydrogens is 397 g/mol. The van der Waals surface area contributed by atoms with Crippen molar-refractivity contribution in [3.63, 3.8) is 0 Å². The van der Waals surface area contributed by atoms with Crippen LogP contribution in [0.15, 0.2) is 30.3 Å². The Kier molecular flexibility index (Phi) is 5.74. The molecule has 0 aliphatic heterocycles. The van der Waals surface area contributed by atoms with Crippen LogP contribution in [0.3, 0.4) is 0 Å². The van der Waals surface area contributed by atoms with E-state index >= 15 is 0 Å². The van der Waals surface area contributed by atoms with Crippen LogP contribution < -0.4 is 9.47 Å². The van der Waals surface area contributed by atoms with E-state index in [0.29, 0.717) is 11.1 Å². The molecule has 0 aromatic heterocycles. The Morgan fingerprint density at radius 3 is 2.54 bits per heavy atom. The van der Waals surface area contributed by atoms with Gasteiger partial charge in [-0.3, -0.25) is 0 Å². The molecular formula is C20H18ClF3O4. The molecule has 1 aliphatic carbocycles. The van der Waals surface area contributed by atoms with Crippen LogP contribution >= 0.6 is 11.6 Å². The Labute approximate surface area is 165 Å². The summed E-state index contributed by atoms with van der Waals surface area (Å²) in [5, 5.41) is 0.171. The highest BCUT2D eigenvalue weighted by molar-refractivity contribution is 6.31. The van der Waals surface area contributed by atoms with E-state index < -0.39 is 17.9 Å². The fourth-order valence-electron chi connectivity index (χ4n) is 2.90. The van der Waals surface area contributed by atoms with Gasteiger partial charge in [-0.05, 0) is 55.0 Å². The number of alkyl halides is 3. The zero-order valence-corrected chi connectivity index (χ0v) is 16.0. The first kappa shape index (κ1) is 20.3. The quantitative estimate of drug-likeness (QED) is 0.427. The molecule has 0 radical (unpaired) electrons. The molecule has 3 rings (SSSR count). The maximum atomic E-state index is 13.4. The molecule has 0 heterocycles. The zero-order valence-electron chi connectivity index (χ0n) is 15.2. The summed E-state index contributed by atoms with van der Waals surface area (Å²) >= 11 is 6.00. The first-order valence-electron chi connectivity index (χ1n) is 8.58. The molecule has 0 unspecified atom stereocenters. The Balaban J connectivity index is 1.94. The highest BCUT2D eigenvalue weighted by Crippen LogP contribution is 2.45. The largest absolute Gasteiger partial charge is 0.513 e. The van der Waals surface area contributed by atoms with E-state index in [1.165, 1.54) is 14.0 Å². The van der Waals surface area contributed by atoms with Crippen molar-refractivity contribution in [3.8, 4) is 11.5 Å². The minimum atomic E-state index is -4.59. The van der Waals surface area contributed by atoms with E-state index in [-0.39, 0.29) is 29.0 Å². The summed E-state index contributed by atoms with van der Waals surface area (Å²) in [6.45, 7) is 1.29. The summed E-state index contributed by atoms with van der Waals surface area (Å²) in [7, 11) is 1.17. The van der Waals surface area contributed by atoms with Gasteiger partial charge in [0.25, 0.3) is 0 Å². The molecule has 1 fully saturated rings. The van der Waals surface area contributed by atoms with Gasteiger partial charge in [-0.1, -0.05) is 23.7 Å². The molecule has 1 saturated carbocycles. The predicted molar refractivity (Wildman–Crippen MR) is 97.0 cm³/mol. The van der Waals surface area contributed by atoms with Crippen molar-refractivity contribution in [2.45, 2.75) is 38.5 Å². The normalized spacial score (nSPS) is 13.9. The summed E-state index contributed by atoms with van der Waals surface area (Å²) in [5.41, 5.74) is 0.788. The fourth-order valence-corrected chi connectivity index (χ4v) is 3.05. The maximum absolute atomic E-state index is 13.4. The minimum absolute atomic E-state index is 0.171. The number of methoxy groups -OCH3 is 1. The Morgan fingerprint density at radius 2 is 1.93 bits per heavy atom. The first-order valence-corrected chi connectivity index (χ1v) is 8.96. The number of rotatable bonds is 5. The third-order valence-electron chi connectivity index (χ3n) is 4.48. The van der Waals surface area contributed by atoms with Crippen molar-refractivity contribution < 1.29 is 32.2 Å². The summed E-state index contributed by atoms with van der Waals surface area (Å²) in [5.74, 6) is 0.0872. The van der Waals surface area contributed by atoms with Gasteiger partial charge in [-0.15, -0.1) is 0 Å². The second kappa shape index (κ2) is 7.91. The number of aryl methyl sites for hydroxylation is 1. The topological polar surface area (TPSA) is 44.8 Å². The lowest BCUT2D eigenvalue weighted by atomic mass is 10.0. The highest BCUT2D eigenvalue weighted by Gasteiger charge is 2.35.